The first kappa shape index (κ1) is 13.3. The van der Waals surface area contributed by atoms with Crippen LogP contribution in [0.15, 0.2) is 0 Å². The van der Waals surface area contributed by atoms with Crippen molar-refractivity contribution in [3.63, 3.8) is 0 Å². The van der Waals surface area contributed by atoms with E-state index in [2.05, 4.69) is 20.9 Å². The summed E-state index contributed by atoms with van der Waals surface area (Å²) in [6.07, 6.45) is 4.28. The van der Waals surface area contributed by atoms with Crippen LogP contribution >= 0.6 is 0 Å². The van der Waals surface area contributed by atoms with Gasteiger partial charge in [0, 0.05) is 18.6 Å². The van der Waals surface area contributed by atoms with E-state index in [0.29, 0.717) is 12.6 Å². The Morgan fingerprint density at radius 2 is 2.06 bits per heavy atom. The molecule has 6 nitrogen and oxygen atoms in total. The molecule has 1 unspecified atom stereocenters. The Morgan fingerprint density at radius 3 is 2.72 bits per heavy atom. The first-order valence-corrected chi connectivity index (χ1v) is 6.68. The van der Waals surface area contributed by atoms with Gasteiger partial charge in [-0.2, -0.15) is 0 Å². The monoisotopic (exact) mass is 254 g/mol. The first-order valence-electron chi connectivity index (χ1n) is 6.68. The van der Waals surface area contributed by atoms with E-state index in [0.717, 1.165) is 38.8 Å². The number of carbonyl (C=O) groups is 2. The summed E-state index contributed by atoms with van der Waals surface area (Å²) in [5.41, 5.74) is 0. The number of carbonyl (C=O) groups excluding carboxylic acids is 2. The summed E-state index contributed by atoms with van der Waals surface area (Å²) in [4.78, 5) is 25.3. The number of rotatable bonds is 5. The fourth-order valence-electron chi connectivity index (χ4n) is 2.37. The quantitative estimate of drug-likeness (QED) is 0.627. The third-order valence-corrected chi connectivity index (χ3v) is 3.45. The van der Waals surface area contributed by atoms with Crippen LogP contribution in [0.5, 0.6) is 0 Å². The maximum Gasteiger partial charge on any atom is 0.321 e. The number of hydrogen-bond donors (Lipinski definition) is 3. The predicted octanol–water partition coefficient (Wildman–Crippen LogP) is -0.342. The van der Waals surface area contributed by atoms with Crippen LogP contribution < -0.4 is 16.0 Å². The standard InChI is InChI=1S/C12H22N4O2/c1-13-7-10-3-2-6-16(10)8-11(17)15-12(18)14-9-4-5-9/h9-10,13H,2-8H2,1H3,(H2,14,15,17,18). The normalized spacial score (nSPS) is 23.9. The molecule has 1 aliphatic heterocycles. The summed E-state index contributed by atoms with van der Waals surface area (Å²) in [7, 11) is 1.92. The molecule has 0 aromatic rings. The summed E-state index contributed by atoms with van der Waals surface area (Å²) in [6.45, 7) is 2.13. The molecule has 1 aliphatic carbocycles. The highest BCUT2D eigenvalue weighted by atomic mass is 16.2. The zero-order chi connectivity index (χ0) is 13.0. The van der Waals surface area contributed by atoms with Crippen molar-refractivity contribution >= 4 is 11.9 Å². The van der Waals surface area contributed by atoms with Crippen molar-refractivity contribution in [2.24, 2.45) is 0 Å². The van der Waals surface area contributed by atoms with Crippen molar-refractivity contribution in [3.05, 3.63) is 0 Å². The van der Waals surface area contributed by atoms with Gasteiger partial charge in [-0.1, -0.05) is 0 Å². The molecule has 0 bridgehead atoms. The van der Waals surface area contributed by atoms with E-state index in [1.54, 1.807) is 0 Å². The molecule has 0 aromatic heterocycles. The van der Waals surface area contributed by atoms with Gasteiger partial charge in [-0.25, -0.2) is 4.79 Å². The number of urea groups is 1. The number of amides is 3. The Labute approximate surface area is 107 Å². The SMILES string of the molecule is CNCC1CCCN1CC(=O)NC(=O)NC1CC1. The Bertz CT molecular complexity index is 317. The molecule has 1 heterocycles. The zero-order valence-corrected chi connectivity index (χ0v) is 10.9. The molecular formula is C12H22N4O2. The Balaban J connectivity index is 1.70. The number of hydrogen-bond acceptors (Lipinski definition) is 4. The lowest BCUT2D eigenvalue weighted by Gasteiger charge is -2.23. The van der Waals surface area contributed by atoms with Gasteiger partial charge in [0.25, 0.3) is 0 Å². The summed E-state index contributed by atoms with van der Waals surface area (Å²) in [6, 6.07) is 0.334. The van der Waals surface area contributed by atoms with E-state index < -0.39 is 0 Å². The average Bonchev–Trinajstić information content (AvgIpc) is 3.00. The van der Waals surface area contributed by atoms with E-state index in [1.165, 1.54) is 0 Å². The number of nitrogens with one attached hydrogen (secondary N) is 3. The van der Waals surface area contributed by atoms with Crippen LogP contribution in [-0.4, -0.2) is 55.6 Å². The lowest BCUT2D eigenvalue weighted by molar-refractivity contribution is -0.121. The molecule has 102 valence electrons. The molecule has 3 N–H and O–H groups in total. The molecule has 0 radical (unpaired) electrons. The van der Waals surface area contributed by atoms with Gasteiger partial charge in [-0.05, 0) is 39.3 Å². The van der Waals surface area contributed by atoms with Crippen molar-refractivity contribution < 1.29 is 9.59 Å². The van der Waals surface area contributed by atoms with Gasteiger partial charge in [0.05, 0.1) is 6.54 Å². The topological polar surface area (TPSA) is 73.5 Å². The lowest BCUT2D eigenvalue weighted by Crippen LogP contribution is -2.47. The molecule has 3 amide bonds. The fraction of sp³-hybridized carbons (Fsp3) is 0.833. The molecule has 2 rings (SSSR count). The molecule has 0 spiro atoms. The number of imide groups is 1. The van der Waals surface area contributed by atoms with Crippen LogP contribution in [0.2, 0.25) is 0 Å². The Morgan fingerprint density at radius 1 is 1.28 bits per heavy atom. The van der Waals surface area contributed by atoms with Gasteiger partial charge >= 0.3 is 6.03 Å². The van der Waals surface area contributed by atoms with Crippen LogP contribution in [0.4, 0.5) is 4.79 Å². The first-order chi connectivity index (χ1) is 8.69. The van der Waals surface area contributed by atoms with E-state index >= 15 is 0 Å². The minimum atomic E-state index is -0.355. The van der Waals surface area contributed by atoms with Crippen molar-refractivity contribution in [2.75, 3.05) is 26.7 Å². The minimum absolute atomic E-state index is 0.212. The Hall–Kier alpha value is -1.14. The Kier molecular flexibility index (Phi) is 4.54. The molecule has 1 saturated heterocycles. The molecule has 2 aliphatic rings. The summed E-state index contributed by atoms with van der Waals surface area (Å²) in [5, 5.41) is 8.27. The van der Waals surface area contributed by atoms with Gasteiger partial charge in [0.2, 0.25) is 5.91 Å². The number of likely N-dealkylation sites (N-methyl/N-ethyl adjacent to an activating group) is 1. The highest BCUT2D eigenvalue weighted by Gasteiger charge is 2.27. The molecular weight excluding hydrogens is 232 g/mol. The van der Waals surface area contributed by atoms with Gasteiger partial charge in [-0.15, -0.1) is 0 Å². The second-order valence-corrected chi connectivity index (χ2v) is 5.12. The van der Waals surface area contributed by atoms with E-state index in [4.69, 9.17) is 0 Å². The van der Waals surface area contributed by atoms with Gasteiger partial charge in [0.1, 0.15) is 0 Å². The summed E-state index contributed by atoms with van der Waals surface area (Å²) < 4.78 is 0. The van der Waals surface area contributed by atoms with Gasteiger partial charge < -0.3 is 10.6 Å². The largest absolute Gasteiger partial charge is 0.335 e. The van der Waals surface area contributed by atoms with Crippen LogP contribution in [0, 0.1) is 0 Å². The molecule has 1 saturated carbocycles. The van der Waals surface area contributed by atoms with Crippen LogP contribution in [0.3, 0.4) is 0 Å². The predicted molar refractivity (Wildman–Crippen MR) is 68.2 cm³/mol. The maximum atomic E-state index is 11.7. The van der Waals surface area contributed by atoms with E-state index in [-0.39, 0.29) is 18.0 Å². The third-order valence-electron chi connectivity index (χ3n) is 3.45. The molecule has 1 atom stereocenters. The lowest BCUT2D eigenvalue weighted by atomic mass is 10.2. The second kappa shape index (κ2) is 6.15. The minimum Gasteiger partial charge on any atom is -0.335 e. The van der Waals surface area contributed by atoms with Crippen LogP contribution in [0.1, 0.15) is 25.7 Å². The number of likely N-dealkylation sites (tertiary alicyclic amines) is 1. The fourth-order valence-corrected chi connectivity index (χ4v) is 2.37. The highest BCUT2D eigenvalue weighted by Crippen LogP contribution is 2.18. The molecule has 18 heavy (non-hydrogen) atoms. The van der Waals surface area contributed by atoms with Crippen LogP contribution in [0.25, 0.3) is 0 Å². The summed E-state index contributed by atoms with van der Waals surface area (Å²) in [5.74, 6) is -0.212. The van der Waals surface area contributed by atoms with E-state index in [9.17, 15) is 9.59 Å². The van der Waals surface area contributed by atoms with Gasteiger partial charge in [-0.3, -0.25) is 15.0 Å². The second-order valence-electron chi connectivity index (χ2n) is 5.12. The highest BCUT2D eigenvalue weighted by molar-refractivity contribution is 5.95. The maximum absolute atomic E-state index is 11.7. The summed E-state index contributed by atoms with van der Waals surface area (Å²) >= 11 is 0. The van der Waals surface area contributed by atoms with Crippen molar-refractivity contribution in [2.45, 2.75) is 37.8 Å². The zero-order valence-electron chi connectivity index (χ0n) is 10.9. The van der Waals surface area contributed by atoms with Crippen molar-refractivity contribution in [1.82, 2.24) is 20.9 Å². The van der Waals surface area contributed by atoms with Gasteiger partial charge in [0.15, 0.2) is 0 Å². The number of nitrogens with zero attached hydrogens (tertiary/aromatic N) is 1. The van der Waals surface area contributed by atoms with E-state index in [1.807, 2.05) is 7.05 Å². The molecule has 2 fully saturated rings. The molecule has 6 heteroatoms. The smallest absolute Gasteiger partial charge is 0.321 e. The molecule has 0 aromatic carbocycles. The third kappa shape index (κ3) is 3.96. The van der Waals surface area contributed by atoms with Crippen LogP contribution in [-0.2, 0) is 4.79 Å². The van der Waals surface area contributed by atoms with Crippen molar-refractivity contribution in [3.8, 4) is 0 Å². The average molecular weight is 254 g/mol. The van der Waals surface area contributed by atoms with Crippen molar-refractivity contribution in [1.29, 1.82) is 0 Å².